The lowest BCUT2D eigenvalue weighted by Gasteiger charge is -2.23. The molecular formula is C28H34N2O5. The first-order chi connectivity index (χ1) is 16.8. The molecule has 4 rings (SSSR count). The number of aliphatic carboxylic acids is 1. The Kier molecular flexibility index (Phi) is 7.73. The van der Waals surface area contributed by atoms with Gasteiger partial charge in [0.15, 0.2) is 0 Å². The van der Waals surface area contributed by atoms with Gasteiger partial charge in [-0.3, -0.25) is 9.59 Å². The third-order valence-electron chi connectivity index (χ3n) is 7.39. The summed E-state index contributed by atoms with van der Waals surface area (Å²) in [6, 6.07) is 16.0. The quantitative estimate of drug-likeness (QED) is 0.490. The van der Waals surface area contributed by atoms with Crippen LogP contribution < -0.4 is 10.6 Å². The van der Waals surface area contributed by atoms with Crippen molar-refractivity contribution >= 4 is 18.0 Å². The van der Waals surface area contributed by atoms with Crippen molar-refractivity contribution in [2.24, 2.45) is 17.8 Å². The Balaban J connectivity index is 1.30. The van der Waals surface area contributed by atoms with Gasteiger partial charge in [0.2, 0.25) is 5.91 Å². The summed E-state index contributed by atoms with van der Waals surface area (Å²) in [5.41, 5.74) is 4.63. The van der Waals surface area contributed by atoms with E-state index in [4.69, 9.17) is 4.74 Å². The second kappa shape index (κ2) is 10.9. The van der Waals surface area contributed by atoms with Gasteiger partial charge in [-0.1, -0.05) is 68.8 Å². The average Bonchev–Trinajstić information content (AvgIpc) is 3.44. The lowest BCUT2D eigenvalue weighted by Crippen LogP contribution is -2.43. The van der Waals surface area contributed by atoms with E-state index in [2.05, 4.69) is 34.9 Å². The summed E-state index contributed by atoms with van der Waals surface area (Å²) in [5, 5.41) is 15.1. The lowest BCUT2D eigenvalue weighted by atomic mass is 9.96. The molecule has 0 spiro atoms. The molecule has 3 atom stereocenters. The van der Waals surface area contributed by atoms with Gasteiger partial charge in [0.1, 0.15) is 6.61 Å². The van der Waals surface area contributed by atoms with Crippen LogP contribution in [0.5, 0.6) is 0 Å². The van der Waals surface area contributed by atoms with Gasteiger partial charge in [0, 0.05) is 24.9 Å². The van der Waals surface area contributed by atoms with Crippen LogP contribution in [0.4, 0.5) is 4.79 Å². The molecule has 3 N–H and O–H groups in total. The molecule has 1 fully saturated rings. The Hall–Kier alpha value is -3.35. The molecule has 186 valence electrons. The number of carboxylic acid groups (broad SMARTS) is 1. The maximum absolute atomic E-state index is 12.7. The first-order valence-corrected chi connectivity index (χ1v) is 12.5. The molecule has 0 aliphatic heterocycles. The van der Waals surface area contributed by atoms with Gasteiger partial charge in [-0.15, -0.1) is 0 Å². The first-order valence-electron chi connectivity index (χ1n) is 12.5. The maximum atomic E-state index is 12.7. The van der Waals surface area contributed by atoms with Gasteiger partial charge in [-0.2, -0.15) is 0 Å². The van der Waals surface area contributed by atoms with E-state index in [1.807, 2.05) is 38.1 Å². The fourth-order valence-corrected chi connectivity index (χ4v) is 5.37. The molecular weight excluding hydrogens is 444 g/mol. The minimum Gasteiger partial charge on any atom is -0.481 e. The van der Waals surface area contributed by atoms with Gasteiger partial charge in [-0.25, -0.2) is 4.79 Å². The highest BCUT2D eigenvalue weighted by Crippen LogP contribution is 2.44. The molecule has 7 nitrogen and oxygen atoms in total. The van der Waals surface area contributed by atoms with E-state index in [1.54, 1.807) is 0 Å². The van der Waals surface area contributed by atoms with E-state index in [1.165, 1.54) is 11.1 Å². The minimum absolute atomic E-state index is 0.0254. The van der Waals surface area contributed by atoms with Crippen LogP contribution in [0.3, 0.4) is 0 Å². The van der Waals surface area contributed by atoms with Crippen LogP contribution in [0.2, 0.25) is 0 Å². The molecule has 0 radical (unpaired) electrons. The monoisotopic (exact) mass is 478 g/mol. The van der Waals surface area contributed by atoms with E-state index in [-0.39, 0.29) is 42.7 Å². The molecule has 1 saturated carbocycles. The summed E-state index contributed by atoms with van der Waals surface area (Å²) < 4.78 is 5.64. The van der Waals surface area contributed by atoms with Crippen LogP contribution in [0.1, 0.15) is 56.6 Å². The average molecular weight is 479 g/mol. The molecule has 2 aromatic rings. The molecule has 2 aliphatic rings. The number of benzene rings is 2. The van der Waals surface area contributed by atoms with Crippen LogP contribution in [-0.4, -0.2) is 42.3 Å². The highest BCUT2D eigenvalue weighted by molar-refractivity contribution is 5.80. The Bertz CT molecular complexity index is 1040. The summed E-state index contributed by atoms with van der Waals surface area (Å²) in [7, 11) is 0. The van der Waals surface area contributed by atoms with Crippen molar-refractivity contribution < 1.29 is 24.2 Å². The van der Waals surface area contributed by atoms with E-state index in [0.29, 0.717) is 13.0 Å². The van der Waals surface area contributed by atoms with E-state index in [9.17, 15) is 19.5 Å². The van der Waals surface area contributed by atoms with Gasteiger partial charge in [0.05, 0.1) is 5.92 Å². The number of hydrogen-bond acceptors (Lipinski definition) is 4. The third kappa shape index (κ3) is 5.66. The zero-order valence-electron chi connectivity index (χ0n) is 20.3. The lowest BCUT2D eigenvalue weighted by molar-refractivity contribution is -0.143. The van der Waals surface area contributed by atoms with Crippen LogP contribution in [0, 0.1) is 17.8 Å². The maximum Gasteiger partial charge on any atom is 0.407 e. The number of ether oxygens (including phenoxy) is 1. The van der Waals surface area contributed by atoms with E-state index in [0.717, 1.165) is 24.0 Å². The highest BCUT2D eigenvalue weighted by Gasteiger charge is 2.33. The fraction of sp³-hybridized carbons (Fsp3) is 0.464. The minimum atomic E-state index is -0.793. The van der Waals surface area contributed by atoms with Crippen molar-refractivity contribution in [1.29, 1.82) is 0 Å². The fourth-order valence-electron chi connectivity index (χ4n) is 5.37. The van der Waals surface area contributed by atoms with E-state index >= 15 is 0 Å². The second-order valence-electron chi connectivity index (χ2n) is 9.96. The highest BCUT2D eigenvalue weighted by atomic mass is 16.5. The van der Waals surface area contributed by atoms with Gasteiger partial charge in [0.25, 0.3) is 0 Å². The molecule has 2 amide bonds. The smallest absolute Gasteiger partial charge is 0.407 e. The van der Waals surface area contributed by atoms with Crippen molar-refractivity contribution in [2.75, 3.05) is 13.2 Å². The number of carbonyl (C=O) groups is 3. The van der Waals surface area contributed by atoms with E-state index < -0.39 is 18.0 Å². The number of rotatable bonds is 9. The van der Waals surface area contributed by atoms with Crippen LogP contribution in [0.15, 0.2) is 48.5 Å². The molecule has 0 bridgehead atoms. The summed E-state index contributed by atoms with van der Waals surface area (Å²) in [4.78, 5) is 36.6. The molecule has 0 aromatic heterocycles. The summed E-state index contributed by atoms with van der Waals surface area (Å²) in [6.45, 7) is 4.46. The predicted molar refractivity (Wildman–Crippen MR) is 133 cm³/mol. The van der Waals surface area contributed by atoms with Crippen molar-refractivity contribution in [2.45, 2.75) is 51.5 Å². The summed E-state index contributed by atoms with van der Waals surface area (Å²) >= 11 is 0. The van der Waals surface area contributed by atoms with Crippen molar-refractivity contribution in [3.05, 3.63) is 59.7 Å². The molecule has 2 aromatic carbocycles. The zero-order valence-corrected chi connectivity index (χ0v) is 20.3. The number of carbonyl (C=O) groups excluding carboxylic acids is 2. The number of fused-ring (bicyclic) bond motifs is 3. The van der Waals surface area contributed by atoms with Gasteiger partial charge < -0.3 is 20.5 Å². The van der Waals surface area contributed by atoms with Crippen LogP contribution in [0.25, 0.3) is 11.1 Å². The molecule has 7 heteroatoms. The SMILES string of the molecule is CC(C)[C@@H](CC(=O)NC[C@@H]1CCC[C@@H]1C(=O)O)NC(=O)OCC1c2ccccc2-c2ccccc21. The summed E-state index contributed by atoms with van der Waals surface area (Å²) in [6.07, 6.45) is 1.92. The zero-order chi connectivity index (χ0) is 24.9. The number of amides is 2. The van der Waals surface area contributed by atoms with Gasteiger partial charge in [-0.05, 0) is 46.9 Å². The largest absolute Gasteiger partial charge is 0.481 e. The Morgan fingerprint density at radius 1 is 1.00 bits per heavy atom. The molecule has 0 unspecified atom stereocenters. The van der Waals surface area contributed by atoms with Crippen LogP contribution >= 0.6 is 0 Å². The van der Waals surface area contributed by atoms with Gasteiger partial charge >= 0.3 is 12.1 Å². The van der Waals surface area contributed by atoms with Crippen molar-refractivity contribution in [3.63, 3.8) is 0 Å². The molecule has 2 aliphatic carbocycles. The predicted octanol–water partition coefficient (Wildman–Crippen LogP) is 4.56. The Morgan fingerprint density at radius 3 is 2.23 bits per heavy atom. The standard InChI is InChI=1S/C28H34N2O5/c1-17(2)25(14-26(31)29-15-18-8-7-13-19(18)27(32)33)30-28(34)35-16-24-22-11-5-3-9-20(22)21-10-4-6-12-23(21)24/h3-6,9-12,17-19,24-25H,7-8,13-16H2,1-2H3,(H,29,31)(H,30,34)(H,32,33)/t18-,19-,25+/m0/s1. The topological polar surface area (TPSA) is 105 Å². The Morgan fingerprint density at radius 2 is 1.63 bits per heavy atom. The van der Waals surface area contributed by atoms with Crippen LogP contribution in [-0.2, 0) is 14.3 Å². The number of alkyl carbamates (subject to hydrolysis) is 1. The second-order valence-corrected chi connectivity index (χ2v) is 9.96. The number of hydrogen-bond donors (Lipinski definition) is 3. The molecule has 0 heterocycles. The normalized spacial score (nSPS) is 19.6. The molecule has 35 heavy (non-hydrogen) atoms. The molecule has 0 saturated heterocycles. The third-order valence-corrected chi connectivity index (χ3v) is 7.39. The number of nitrogens with one attached hydrogen (secondary N) is 2. The van der Waals surface area contributed by atoms with Crippen molar-refractivity contribution in [3.8, 4) is 11.1 Å². The summed E-state index contributed by atoms with van der Waals surface area (Å²) in [5.74, 6) is -1.42. The Labute approximate surface area is 206 Å². The van der Waals surface area contributed by atoms with Crippen molar-refractivity contribution in [1.82, 2.24) is 10.6 Å². The number of carboxylic acids is 1. The first kappa shape index (κ1) is 24.8.